The standard InChI is InChI=1S/C21H28N2O7S2/c1-15-8-10-18(31(25,26)23-12-6-5-7-16(23)2)13-19(15)21(24)29-14-17-9-11-20(30-17)32(27,28)22(3)4/h8-11,13,16H,5-7,12,14H2,1-4H3. The number of carbonyl (C=O) groups is 1. The van der Waals surface area contributed by atoms with Crippen molar-refractivity contribution in [3.63, 3.8) is 0 Å². The van der Waals surface area contributed by atoms with E-state index in [0.717, 1.165) is 23.6 Å². The lowest BCUT2D eigenvalue weighted by molar-refractivity contribution is 0.0439. The van der Waals surface area contributed by atoms with Gasteiger partial charge < -0.3 is 9.15 Å². The molecule has 9 nitrogen and oxygen atoms in total. The summed E-state index contributed by atoms with van der Waals surface area (Å²) in [5.41, 5.74) is 0.694. The maximum Gasteiger partial charge on any atom is 0.338 e. The van der Waals surface area contributed by atoms with E-state index in [-0.39, 0.29) is 34.0 Å². The topological polar surface area (TPSA) is 114 Å². The van der Waals surface area contributed by atoms with Crippen molar-refractivity contribution in [2.24, 2.45) is 0 Å². The Kier molecular flexibility index (Phi) is 7.13. The molecule has 1 aliphatic heterocycles. The predicted octanol–water partition coefficient (Wildman–Crippen LogP) is 2.76. The van der Waals surface area contributed by atoms with Crippen molar-refractivity contribution >= 4 is 26.0 Å². The Morgan fingerprint density at radius 1 is 1.16 bits per heavy atom. The Balaban J connectivity index is 1.77. The molecule has 1 atom stereocenters. The zero-order valence-electron chi connectivity index (χ0n) is 18.6. The Bertz CT molecular complexity index is 1200. The third-order valence-electron chi connectivity index (χ3n) is 5.50. The molecule has 32 heavy (non-hydrogen) atoms. The van der Waals surface area contributed by atoms with Gasteiger partial charge >= 0.3 is 5.97 Å². The monoisotopic (exact) mass is 484 g/mol. The van der Waals surface area contributed by atoms with Gasteiger partial charge in [-0.3, -0.25) is 0 Å². The molecule has 0 spiro atoms. The molecule has 1 fully saturated rings. The van der Waals surface area contributed by atoms with Crippen LogP contribution in [0.3, 0.4) is 0 Å². The SMILES string of the molecule is Cc1ccc(S(=O)(=O)N2CCCCC2C)cc1C(=O)OCc1ccc(S(=O)(=O)N(C)C)o1. The minimum absolute atomic E-state index is 0.0427. The number of piperidine rings is 1. The van der Waals surface area contributed by atoms with Gasteiger partial charge in [0.05, 0.1) is 10.5 Å². The van der Waals surface area contributed by atoms with Crippen molar-refractivity contribution < 1.29 is 30.8 Å². The van der Waals surface area contributed by atoms with Crippen LogP contribution in [-0.4, -0.2) is 58.1 Å². The van der Waals surface area contributed by atoms with Gasteiger partial charge in [-0.15, -0.1) is 0 Å². The number of rotatable bonds is 7. The summed E-state index contributed by atoms with van der Waals surface area (Å²) >= 11 is 0. The molecule has 176 valence electrons. The van der Waals surface area contributed by atoms with E-state index in [9.17, 15) is 21.6 Å². The van der Waals surface area contributed by atoms with E-state index in [1.54, 1.807) is 13.0 Å². The van der Waals surface area contributed by atoms with Crippen LogP contribution in [0.15, 0.2) is 44.7 Å². The van der Waals surface area contributed by atoms with E-state index in [1.165, 1.54) is 42.7 Å². The fraction of sp³-hybridized carbons (Fsp3) is 0.476. The van der Waals surface area contributed by atoms with Crippen LogP contribution in [0.2, 0.25) is 0 Å². The first-order valence-corrected chi connectivity index (χ1v) is 13.1. The van der Waals surface area contributed by atoms with E-state index in [2.05, 4.69) is 0 Å². The van der Waals surface area contributed by atoms with Gasteiger partial charge in [-0.25, -0.2) is 25.9 Å². The number of hydrogen-bond acceptors (Lipinski definition) is 7. The smallest absolute Gasteiger partial charge is 0.338 e. The number of carbonyl (C=O) groups excluding carboxylic acids is 1. The Labute approximate surface area is 189 Å². The summed E-state index contributed by atoms with van der Waals surface area (Å²) in [5.74, 6) is -0.568. The van der Waals surface area contributed by atoms with Gasteiger partial charge in [0.15, 0.2) is 0 Å². The lowest BCUT2D eigenvalue weighted by Crippen LogP contribution is -2.41. The zero-order chi connectivity index (χ0) is 23.7. The molecule has 0 amide bonds. The highest BCUT2D eigenvalue weighted by Crippen LogP contribution is 2.27. The Hall–Kier alpha value is -2.21. The third-order valence-corrected chi connectivity index (χ3v) is 9.19. The highest BCUT2D eigenvalue weighted by Gasteiger charge is 2.31. The average molecular weight is 485 g/mol. The summed E-state index contributed by atoms with van der Waals surface area (Å²) in [4.78, 5) is 12.7. The summed E-state index contributed by atoms with van der Waals surface area (Å²) in [6.07, 6.45) is 2.59. The van der Waals surface area contributed by atoms with E-state index in [4.69, 9.17) is 9.15 Å². The lowest BCUT2D eigenvalue weighted by Gasteiger charge is -2.32. The average Bonchev–Trinajstić information content (AvgIpc) is 3.22. The zero-order valence-corrected chi connectivity index (χ0v) is 20.2. The molecule has 3 rings (SSSR count). The van der Waals surface area contributed by atoms with Crippen molar-refractivity contribution in [1.29, 1.82) is 0 Å². The summed E-state index contributed by atoms with van der Waals surface area (Å²) < 4.78 is 63.5. The molecule has 0 N–H and O–H groups in total. The number of hydrogen-bond donors (Lipinski definition) is 0. The van der Waals surface area contributed by atoms with Crippen molar-refractivity contribution in [3.8, 4) is 0 Å². The van der Waals surface area contributed by atoms with Crippen LogP contribution in [0.5, 0.6) is 0 Å². The molecular weight excluding hydrogens is 456 g/mol. The van der Waals surface area contributed by atoms with Gasteiger partial charge in [0.25, 0.3) is 10.0 Å². The molecule has 1 saturated heterocycles. The molecule has 0 bridgehead atoms. The summed E-state index contributed by atoms with van der Waals surface area (Å²) in [7, 11) is -4.71. The maximum atomic E-state index is 13.1. The van der Waals surface area contributed by atoms with Crippen LogP contribution in [0.25, 0.3) is 0 Å². The number of esters is 1. The van der Waals surface area contributed by atoms with Gasteiger partial charge in [-0.05, 0) is 56.5 Å². The minimum atomic E-state index is -3.74. The largest absolute Gasteiger partial charge is 0.454 e. The highest BCUT2D eigenvalue weighted by atomic mass is 32.2. The number of aryl methyl sites for hydroxylation is 1. The second-order valence-corrected chi connectivity index (χ2v) is 12.0. The summed E-state index contributed by atoms with van der Waals surface area (Å²) in [5, 5.41) is -0.256. The van der Waals surface area contributed by atoms with Crippen molar-refractivity contribution in [3.05, 3.63) is 47.2 Å². The van der Waals surface area contributed by atoms with Crippen LogP contribution in [-0.2, 0) is 31.4 Å². The fourth-order valence-corrected chi connectivity index (χ4v) is 6.05. The van der Waals surface area contributed by atoms with E-state index in [1.807, 2.05) is 6.92 Å². The van der Waals surface area contributed by atoms with Gasteiger partial charge in [0, 0.05) is 26.7 Å². The van der Waals surface area contributed by atoms with Crippen LogP contribution in [0, 0.1) is 6.92 Å². The number of ether oxygens (including phenoxy) is 1. The quantitative estimate of drug-likeness (QED) is 0.555. The second-order valence-electron chi connectivity index (χ2n) is 8.02. The first-order valence-electron chi connectivity index (χ1n) is 10.3. The normalized spacial score (nSPS) is 18.1. The van der Waals surface area contributed by atoms with Crippen LogP contribution in [0.1, 0.15) is 47.9 Å². The highest BCUT2D eigenvalue weighted by molar-refractivity contribution is 7.89. The summed E-state index contributed by atoms with van der Waals surface area (Å²) in [6, 6.07) is 7.00. The Morgan fingerprint density at radius 3 is 2.53 bits per heavy atom. The molecule has 0 aliphatic carbocycles. The van der Waals surface area contributed by atoms with Crippen molar-refractivity contribution in [2.45, 2.75) is 55.7 Å². The number of sulfonamides is 2. The molecule has 2 aromatic rings. The van der Waals surface area contributed by atoms with E-state index < -0.39 is 26.0 Å². The second kappa shape index (κ2) is 9.34. The summed E-state index contributed by atoms with van der Waals surface area (Å²) in [6.45, 7) is 3.73. The van der Waals surface area contributed by atoms with Gasteiger partial charge in [0.1, 0.15) is 12.4 Å². The van der Waals surface area contributed by atoms with Crippen LogP contribution < -0.4 is 0 Å². The fourth-order valence-electron chi connectivity index (χ4n) is 3.51. The lowest BCUT2D eigenvalue weighted by atomic mass is 10.1. The van der Waals surface area contributed by atoms with Crippen LogP contribution >= 0.6 is 0 Å². The van der Waals surface area contributed by atoms with Gasteiger partial charge in [-0.1, -0.05) is 12.5 Å². The molecule has 0 saturated carbocycles. The number of nitrogens with zero attached hydrogens (tertiary/aromatic N) is 2. The molecule has 11 heteroatoms. The first kappa shape index (κ1) is 24.4. The predicted molar refractivity (Wildman–Crippen MR) is 117 cm³/mol. The minimum Gasteiger partial charge on any atom is -0.454 e. The van der Waals surface area contributed by atoms with Crippen molar-refractivity contribution in [2.75, 3.05) is 20.6 Å². The molecule has 1 aromatic carbocycles. The number of benzene rings is 1. The molecule has 0 radical (unpaired) electrons. The van der Waals surface area contributed by atoms with Crippen molar-refractivity contribution in [1.82, 2.24) is 8.61 Å². The number of furan rings is 1. The van der Waals surface area contributed by atoms with Gasteiger partial charge in [-0.2, -0.15) is 4.31 Å². The molecule has 2 heterocycles. The van der Waals surface area contributed by atoms with E-state index >= 15 is 0 Å². The van der Waals surface area contributed by atoms with Crippen LogP contribution in [0.4, 0.5) is 0 Å². The third kappa shape index (κ3) is 4.90. The van der Waals surface area contributed by atoms with Gasteiger partial charge in [0.2, 0.25) is 15.1 Å². The molecular formula is C21H28N2O7S2. The molecule has 1 aliphatic rings. The Morgan fingerprint density at radius 2 is 1.88 bits per heavy atom. The van der Waals surface area contributed by atoms with E-state index in [0.29, 0.717) is 12.1 Å². The first-order chi connectivity index (χ1) is 14.9. The maximum absolute atomic E-state index is 13.1. The molecule has 1 unspecified atom stereocenters. The molecule has 1 aromatic heterocycles.